The van der Waals surface area contributed by atoms with Crippen LogP contribution in [0.4, 0.5) is 8.78 Å². The van der Waals surface area contributed by atoms with E-state index in [1.807, 2.05) is 0 Å². The fourth-order valence-electron chi connectivity index (χ4n) is 1.01. The van der Waals surface area contributed by atoms with Crippen molar-refractivity contribution in [2.24, 2.45) is 0 Å². The Bertz CT molecular complexity index is 361. The molecule has 14 heavy (non-hydrogen) atoms. The minimum Gasteiger partial charge on any atom is -0.275 e. The van der Waals surface area contributed by atoms with E-state index >= 15 is 0 Å². The summed E-state index contributed by atoms with van der Waals surface area (Å²) in [4.78, 5) is 14.4. The van der Waals surface area contributed by atoms with Gasteiger partial charge < -0.3 is 0 Å². The summed E-state index contributed by atoms with van der Waals surface area (Å²) in [5.74, 6) is 0. The molecule has 0 radical (unpaired) electrons. The highest BCUT2D eigenvalue weighted by Crippen LogP contribution is 2.25. The van der Waals surface area contributed by atoms with Crippen molar-refractivity contribution in [1.29, 1.82) is 0 Å². The highest BCUT2D eigenvalue weighted by molar-refractivity contribution is 9.10. The van der Waals surface area contributed by atoms with Gasteiger partial charge in [-0.1, -0.05) is 0 Å². The molecule has 0 N–H and O–H groups in total. The van der Waals surface area contributed by atoms with Crippen molar-refractivity contribution in [1.82, 2.24) is 4.98 Å². The van der Waals surface area contributed by atoms with Crippen LogP contribution in [0.15, 0.2) is 10.7 Å². The number of carbonyl (C=O) groups is 1. The Balaban J connectivity index is 3.32. The summed E-state index contributed by atoms with van der Waals surface area (Å²) in [6.07, 6.45) is -2.66. The molecule has 0 aliphatic rings. The average Bonchev–Trinajstić information content (AvgIpc) is 2.01. The number of halogens is 4. The van der Waals surface area contributed by atoms with Crippen LogP contribution in [0.5, 0.6) is 0 Å². The van der Waals surface area contributed by atoms with Crippen molar-refractivity contribution in [3.8, 4) is 0 Å². The zero-order valence-electron chi connectivity index (χ0n) is 7.02. The van der Waals surface area contributed by atoms with Gasteiger partial charge in [0.1, 0.15) is 10.3 Å². The van der Waals surface area contributed by atoms with E-state index in [2.05, 4.69) is 20.9 Å². The standard InChI is InChI=1S/C8H5BrClF2NO/c1-3-2-4(8(11)12)13-6(9)5(3)7(10)14/h2,8H,1H3. The van der Waals surface area contributed by atoms with Crippen LogP contribution in [0.2, 0.25) is 0 Å². The van der Waals surface area contributed by atoms with E-state index in [9.17, 15) is 13.6 Å². The maximum Gasteiger partial charge on any atom is 0.280 e. The summed E-state index contributed by atoms with van der Waals surface area (Å²) in [5, 5.41) is -0.720. The van der Waals surface area contributed by atoms with E-state index in [1.165, 1.54) is 6.92 Å². The molecule has 1 rings (SSSR count). The van der Waals surface area contributed by atoms with Gasteiger partial charge in [0.2, 0.25) is 0 Å². The monoisotopic (exact) mass is 283 g/mol. The number of pyridine rings is 1. The molecule has 1 heterocycles. The Morgan fingerprint density at radius 1 is 1.64 bits per heavy atom. The van der Waals surface area contributed by atoms with Crippen LogP contribution in [0, 0.1) is 6.92 Å². The van der Waals surface area contributed by atoms with Gasteiger partial charge in [0.25, 0.3) is 11.7 Å². The molecule has 0 atom stereocenters. The van der Waals surface area contributed by atoms with Crippen LogP contribution in [0.3, 0.4) is 0 Å². The molecule has 76 valence electrons. The van der Waals surface area contributed by atoms with Crippen molar-refractivity contribution in [2.45, 2.75) is 13.3 Å². The summed E-state index contributed by atoms with van der Waals surface area (Å²) in [5.41, 5.74) is 0.120. The largest absolute Gasteiger partial charge is 0.280 e. The third kappa shape index (κ3) is 2.27. The second kappa shape index (κ2) is 4.31. The first-order valence-corrected chi connectivity index (χ1v) is 4.75. The first kappa shape index (κ1) is 11.5. The minimum atomic E-state index is -2.66. The number of aryl methyl sites for hydroxylation is 1. The summed E-state index contributed by atoms with van der Waals surface area (Å²) in [6.45, 7) is 1.52. The Morgan fingerprint density at radius 3 is 2.57 bits per heavy atom. The van der Waals surface area contributed by atoms with E-state index in [0.29, 0.717) is 5.56 Å². The SMILES string of the molecule is Cc1cc(C(F)F)nc(Br)c1C(=O)Cl. The van der Waals surface area contributed by atoms with Gasteiger partial charge in [0.05, 0.1) is 5.56 Å². The number of carbonyl (C=O) groups excluding carboxylic acids is 1. The van der Waals surface area contributed by atoms with Crippen molar-refractivity contribution in [3.63, 3.8) is 0 Å². The second-order valence-electron chi connectivity index (χ2n) is 2.60. The van der Waals surface area contributed by atoms with Crippen LogP contribution in [-0.4, -0.2) is 10.2 Å². The summed E-state index contributed by atoms with van der Waals surface area (Å²) < 4.78 is 24.6. The van der Waals surface area contributed by atoms with Gasteiger partial charge in [-0.05, 0) is 46.1 Å². The summed E-state index contributed by atoms with van der Waals surface area (Å²) >= 11 is 8.17. The molecule has 0 saturated heterocycles. The predicted molar refractivity (Wildman–Crippen MR) is 51.8 cm³/mol. The van der Waals surface area contributed by atoms with Crippen molar-refractivity contribution in [3.05, 3.63) is 27.5 Å². The van der Waals surface area contributed by atoms with Crippen LogP contribution in [-0.2, 0) is 0 Å². The van der Waals surface area contributed by atoms with Gasteiger partial charge in [-0.15, -0.1) is 0 Å². The first-order chi connectivity index (χ1) is 6.43. The molecule has 1 aromatic rings. The van der Waals surface area contributed by atoms with Gasteiger partial charge in [-0.3, -0.25) is 4.79 Å². The molecule has 0 fully saturated rings. The Kier molecular flexibility index (Phi) is 3.55. The van der Waals surface area contributed by atoms with Gasteiger partial charge in [0, 0.05) is 0 Å². The number of nitrogens with zero attached hydrogens (tertiary/aromatic N) is 1. The molecule has 0 aromatic carbocycles. The lowest BCUT2D eigenvalue weighted by atomic mass is 10.1. The molecular formula is C8H5BrClF2NO. The Morgan fingerprint density at radius 2 is 2.21 bits per heavy atom. The molecular weight excluding hydrogens is 279 g/mol. The third-order valence-electron chi connectivity index (χ3n) is 1.61. The summed E-state index contributed by atoms with van der Waals surface area (Å²) in [7, 11) is 0. The van der Waals surface area contributed by atoms with E-state index < -0.39 is 11.7 Å². The molecule has 0 saturated carbocycles. The fraction of sp³-hybridized carbons (Fsp3) is 0.250. The normalized spacial score (nSPS) is 10.7. The molecule has 0 bridgehead atoms. The lowest BCUT2D eigenvalue weighted by Gasteiger charge is -2.06. The smallest absolute Gasteiger partial charge is 0.275 e. The van der Waals surface area contributed by atoms with E-state index in [4.69, 9.17) is 11.6 Å². The molecule has 1 aromatic heterocycles. The number of hydrogen-bond donors (Lipinski definition) is 0. The number of hydrogen-bond acceptors (Lipinski definition) is 2. The molecule has 6 heteroatoms. The van der Waals surface area contributed by atoms with Crippen molar-refractivity contribution in [2.75, 3.05) is 0 Å². The highest BCUT2D eigenvalue weighted by atomic mass is 79.9. The number of alkyl halides is 2. The molecule has 0 aliphatic carbocycles. The van der Waals surface area contributed by atoms with Crippen LogP contribution in [0.25, 0.3) is 0 Å². The molecule has 0 spiro atoms. The van der Waals surface area contributed by atoms with Gasteiger partial charge in [-0.2, -0.15) is 0 Å². The first-order valence-electron chi connectivity index (χ1n) is 3.58. The Labute approximate surface area is 92.4 Å². The van der Waals surface area contributed by atoms with E-state index in [1.54, 1.807) is 0 Å². The zero-order valence-corrected chi connectivity index (χ0v) is 9.36. The van der Waals surface area contributed by atoms with Gasteiger partial charge >= 0.3 is 0 Å². The maximum absolute atomic E-state index is 12.3. The minimum absolute atomic E-state index is 0.0489. The Hall–Kier alpha value is -0.550. The third-order valence-corrected chi connectivity index (χ3v) is 2.38. The maximum atomic E-state index is 12.3. The molecule has 0 amide bonds. The van der Waals surface area contributed by atoms with Crippen LogP contribution >= 0.6 is 27.5 Å². The van der Waals surface area contributed by atoms with E-state index in [0.717, 1.165) is 6.07 Å². The summed E-state index contributed by atoms with van der Waals surface area (Å²) in [6, 6.07) is 1.14. The number of aromatic nitrogens is 1. The quantitative estimate of drug-likeness (QED) is 0.615. The molecule has 0 unspecified atom stereocenters. The van der Waals surface area contributed by atoms with Crippen molar-refractivity contribution >= 4 is 32.8 Å². The zero-order chi connectivity index (χ0) is 10.9. The van der Waals surface area contributed by atoms with Gasteiger partial charge in [0.15, 0.2) is 0 Å². The number of rotatable bonds is 2. The van der Waals surface area contributed by atoms with Gasteiger partial charge in [-0.25, -0.2) is 13.8 Å². The molecule has 0 aliphatic heterocycles. The topological polar surface area (TPSA) is 30.0 Å². The van der Waals surface area contributed by atoms with Crippen LogP contribution < -0.4 is 0 Å². The predicted octanol–water partition coefficient (Wildman–Crippen LogP) is 3.47. The average molecular weight is 284 g/mol. The fourth-order valence-corrected chi connectivity index (χ4v) is 2.06. The van der Waals surface area contributed by atoms with Crippen LogP contribution in [0.1, 0.15) is 28.0 Å². The lowest BCUT2D eigenvalue weighted by Crippen LogP contribution is -2.01. The highest BCUT2D eigenvalue weighted by Gasteiger charge is 2.17. The molecule has 2 nitrogen and oxygen atoms in total. The van der Waals surface area contributed by atoms with Crippen molar-refractivity contribution < 1.29 is 13.6 Å². The second-order valence-corrected chi connectivity index (χ2v) is 3.70. The lowest BCUT2D eigenvalue weighted by molar-refractivity contribution is 0.107. The van der Waals surface area contributed by atoms with E-state index in [-0.39, 0.29) is 15.9 Å².